The van der Waals surface area contributed by atoms with Crippen molar-refractivity contribution < 1.29 is 0 Å². The number of halogens is 2. The molecule has 0 saturated carbocycles. The molecule has 1 aliphatic rings. The minimum atomic E-state index is -0.344. The summed E-state index contributed by atoms with van der Waals surface area (Å²) in [6, 6.07) is 14.2. The van der Waals surface area contributed by atoms with Gasteiger partial charge < -0.3 is 5.73 Å². The van der Waals surface area contributed by atoms with Gasteiger partial charge in [-0.3, -0.25) is 0 Å². The minimum Gasteiger partial charge on any atom is -0.321 e. The lowest BCUT2D eigenvalue weighted by molar-refractivity contribution is 0.369. The van der Waals surface area contributed by atoms with Crippen LogP contribution in [0.5, 0.6) is 0 Å². The van der Waals surface area contributed by atoms with Gasteiger partial charge in [-0.1, -0.05) is 59.6 Å². The zero-order valence-corrected chi connectivity index (χ0v) is 12.7. The highest BCUT2D eigenvalue weighted by Gasteiger charge is 2.33. The average molecular weight is 306 g/mol. The molecule has 2 aromatic carbocycles. The molecule has 0 aliphatic heterocycles. The van der Waals surface area contributed by atoms with Crippen molar-refractivity contribution in [1.29, 1.82) is 0 Å². The first kappa shape index (κ1) is 13.9. The Balaban J connectivity index is 2.00. The smallest absolute Gasteiger partial charge is 0.0625 e. The van der Waals surface area contributed by atoms with Crippen molar-refractivity contribution in [2.75, 3.05) is 0 Å². The van der Waals surface area contributed by atoms with E-state index in [0.29, 0.717) is 10.0 Å². The highest BCUT2D eigenvalue weighted by Crippen LogP contribution is 2.38. The Morgan fingerprint density at radius 3 is 2.70 bits per heavy atom. The van der Waals surface area contributed by atoms with Crippen LogP contribution in [0.15, 0.2) is 42.5 Å². The number of fused-ring (bicyclic) bond motifs is 1. The second-order valence-corrected chi connectivity index (χ2v) is 6.34. The van der Waals surface area contributed by atoms with Crippen molar-refractivity contribution in [2.45, 2.75) is 31.2 Å². The highest BCUT2D eigenvalue weighted by atomic mass is 35.5. The number of hydrogen-bond donors (Lipinski definition) is 1. The first-order valence-electron chi connectivity index (χ1n) is 6.90. The first-order valence-corrected chi connectivity index (χ1v) is 7.66. The van der Waals surface area contributed by atoms with Crippen LogP contribution in [0, 0.1) is 0 Å². The number of rotatable bonds is 2. The van der Waals surface area contributed by atoms with Crippen LogP contribution < -0.4 is 5.73 Å². The maximum Gasteiger partial charge on any atom is 0.0625 e. The molecule has 0 fully saturated rings. The predicted molar refractivity (Wildman–Crippen MR) is 85.4 cm³/mol. The summed E-state index contributed by atoms with van der Waals surface area (Å²) in [6.07, 6.45) is 3.93. The Bertz CT molecular complexity index is 639. The summed E-state index contributed by atoms with van der Waals surface area (Å²) >= 11 is 12.4. The van der Waals surface area contributed by atoms with E-state index in [0.717, 1.165) is 31.2 Å². The Labute approximate surface area is 129 Å². The van der Waals surface area contributed by atoms with E-state index in [-0.39, 0.29) is 5.54 Å². The minimum absolute atomic E-state index is 0.344. The van der Waals surface area contributed by atoms with Crippen LogP contribution in [-0.2, 0) is 18.4 Å². The van der Waals surface area contributed by atoms with Gasteiger partial charge in [-0.25, -0.2) is 0 Å². The lowest BCUT2D eigenvalue weighted by atomic mass is 9.74. The maximum absolute atomic E-state index is 6.72. The Kier molecular flexibility index (Phi) is 3.76. The molecule has 0 radical (unpaired) electrons. The molecule has 0 spiro atoms. The van der Waals surface area contributed by atoms with Crippen molar-refractivity contribution in [3.05, 3.63) is 69.2 Å². The topological polar surface area (TPSA) is 26.0 Å². The van der Waals surface area contributed by atoms with Crippen LogP contribution in [0.4, 0.5) is 0 Å². The van der Waals surface area contributed by atoms with E-state index in [2.05, 4.69) is 24.3 Å². The molecular weight excluding hydrogens is 289 g/mol. The monoisotopic (exact) mass is 305 g/mol. The third kappa shape index (κ3) is 2.46. The quantitative estimate of drug-likeness (QED) is 0.853. The fraction of sp³-hybridized carbons (Fsp3) is 0.294. The fourth-order valence-electron chi connectivity index (χ4n) is 3.16. The molecule has 0 bridgehead atoms. The van der Waals surface area contributed by atoms with Crippen LogP contribution in [0.3, 0.4) is 0 Å². The summed E-state index contributed by atoms with van der Waals surface area (Å²) in [5.74, 6) is 0. The van der Waals surface area contributed by atoms with Gasteiger partial charge in [0.25, 0.3) is 0 Å². The van der Waals surface area contributed by atoms with Gasteiger partial charge in [0.2, 0.25) is 0 Å². The molecule has 3 heteroatoms. The summed E-state index contributed by atoms with van der Waals surface area (Å²) in [7, 11) is 0. The third-order valence-corrected chi connectivity index (χ3v) is 5.02. The van der Waals surface area contributed by atoms with E-state index in [1.54, 1.807) is 0 Å². The van der Waals surface area contributed by atoms with Crippen LogP contribution >= 0.6 is 23.2 Å². The van der Waals surface area contributed by atoms with Gasteiger partial charge in [-0.2, -0.15) is 0 Å². The lowest BCUT2D eigenvalue weighted by Gasteiger charge is -2.36. The fourth-order valence-corrected chi connectivity index (χ4v) is 3.55. The van der Waals surface area contributed by atoms with E-state index in [1.165, 1.54) is 11.1 Å². The summed E-state index contributed by atoms with van der Waals surface area (Å²) < 4.78 is 0. The molecular formula is C17H17Cl2N. The normalized spacial score (nSPS) is 21.6. The maximum atomic E-state index is 6.72. The molecule has 0 saturated heterocycles. The SMILES string of the molecule is NC1(Cc2cccc(Cl)c2Cl)CCCc2ccccc21. The summed E-state index contributed by atoms with van der Waals surface area (Å²) in [6.45, 7) is 0. The van der Waals surface area contributed by atoms with Crippen molar-refractivity contribution in [1.82, 2.24) is 0 Å². The second kappa shape index (κ2) is 5.40. The molecule has 0 heterocycles. The summed E-state index contributed by atoms with van der Waals surface area (Å²) in [4.78, 5) is 0. The molecule has 104 valence electrons. The number of aryl methyl sites for hydroxylation is 1. The Morgan fingerprint density at radius 2 is 1.85 bits per heavy atom. The van der Waals surface area contributed by atoms with Crippen molar-refractivity contribution in [3.8, 4) is 0 Å². The number of benzene rings is 2. The number of hydrogen-bond acceptors (Lipinski definition) is 1. The lowest BCUT2D eigenvalue weighted by Crippen LogP contribution is -2.42. The average Bonchev–Trinajstić information content (AvgIpc) is 2.44. The van der Waals surface area contributed by atoms with Gasteiger partial charge >= 0.3 is 0 Å². The zero-order valence-electron chi connectivity index (χ0n) is 11.2. The molecule has 1 nitrogen and oxygen atoms in total. The zero-order chi connectivity index (χ0) is 14.2. The van der Waals surface area contributed by atoms with Crippen molar-refractivity contribution in [3.63, 3.8) is 0 Å². The predicted octanol–water partition coefficient (Wildman–Crippen LogP) is 4.73. The summed E-state index contributed by atoms with van der Waals surface area (Å²) in [5, 5.41) is 1.22. The second-order valence-electron chi connectivity index (χ2n) is 5.56. The van der Waals surface area contributed by atoms with Gasteiger partial charge in [0.1, 0.15) is 0 Å². The Morgan fingerprint density at radius 1 is 1.05 bits per heavy atom. The Hall–Kier alpha value is -1.02. The van der Waals surface area contributed by atoms with Crippen molar-refractivity contribution in [2.24, 2.45) is 5.73 Å². The van der Waals surface area contributed by atoms with Crippen molar-refractivity contribution >= 4 is 23.2 Å². The van der Waals surface area contributed by atoms with E-state index < -0.39 is 0 Å². The van der Waals surface area contributed by atoms with Gasteiger partial charge in [0, 0.05) is 5.54 Å². The van der Waals surface area contributed by atoms with Gasteiger partial charge in [0.15, 0.2) is 0 Å². The molecule has 2 N–H and O–H groups in total. The first-order chi connectivity index (χ1) is 9.60. The van der Waals surface area contributed by atoms with E-state index in [1.807, 2.05) is 18.2 Å². The molecule has 0 aromatic heterocycles. The molecule has 2 aromatic rings. The van der Waals surface area contributed by atoms with E-state index in [4.69, 9.17) is 28.9 Å². The van der Waals surface area contributed by atoms with Crippen LogP contribution in [0.2, 0.25) is 10.0 Å². The molecule has 1 atom stereocenters. The molecule has 0 amide bonds. The highest BCUT2D eigenvalue weighted by molar-refractivity contribution is 6.42. The number of nitrogens with two attached hydrogens (primary N) is 1. The summed E-state index contributed by atoms with van der Waals surface area (Å²) in [5.41, 5.74) is 10.0. The third-order valence-electron chi connectivity index (χ3n) is 4.16. The molecule has 1 unspecified atom stereocenters. The van der Waals surface area contributed by atoms with Crippen LogP contribution in [-0.4, -0.2) is 0 Å². The van der Waals surface area contributed by atoms with E-state index >= 15 is 0 Å². The molecule has 20 heavy (non-hydrogen) atoms. The molecule has 3 rings (SSSR count). The molecule has 1 aliphatic carbocycles. The van der Waals surface area contributed by atoms with Gasteiger partial charge in [-0.05, 0) is 48.4 Å². The van der Waals surface area contributed by atoms with E-state index in [9.17, 15) is 0 Å². The van der Waals surface area contributed by atoms with Gasteiger partial charge in [0.05, 0.1) is 10.0 Å². The largest absolute Gasteiger partial charge is 0.321 e. The van der Waals surface area contributed by atoms with Crippen LogP contribution in [0.1, 0.15) is 29.5 Å². The van der Waals surface area contributed by atoms with Gasteiger partial charge in [-0.15, -0.1) is 0 Å². The standard InChI is InChI=1S/C17H17Cl2N/c18-15-9-3-6-13(16(15)19)11-17(20)10-4-7-12-5-1-2-8-14(12)17/h1-3,5-6,8-9H,4,7,10-11,20H2. The van der Waals surface area contributed by atoms with Crippen LogP contribution in [0.25, 0.3) is 0 Å².